The van der Waals surface area contributed by atoms with E-state index in [4.69, 9.17) is 18.6 Å². The first-order chi connectivity index (χ1) is 18.0. The predicted octanol–water partition coefficient (Wildman–Crippen LogP) is 2.35. The van der Waals surface area contributed by atoms with E-state index in [1.54, 1.807) is 7.05 Å². The van der Waals surface area contributed by atoms with Crippen LogP contribution in [0.2, 0.25) is 0 Å². The van der Waals surface area contributed by atoms with E-state index in [9.17, 15) is 5.11 Å². The van der Waals surface area contributed by atoms with E-state index in [0.717, 1.165) is 48.4 Å². The van der Waals surface area contributed by atoms with Crippen molar-refractivity contribution in [3.05, 3.63) is 22.7 Å². The molecular formula is C25H41N7O4S. The zero-order chi connectivity index (χ0) is 26.6. The number of nitrogens with zero attached hydrogens (tertiary/aromatic N) is 6. The molecule has 0 bridgehead atoms. The summed E-state index contributed by atoms with van der Waals surface area (Å²) in [6, 6.07) is 3.71. The third kappa shape index (κ3) is 8.56. The quantitative estimate of drug-likeness (QED) is 0.189. The molecule has 1 unspecified atom stereocenters. The zero-order valence-corrected chi connectivity index (χ0v) is 23.5. The molecule has 1 fully saturated rings. The molecule has 206 valence electrons. The molecule has 0 aliphatic carbocycles. The number of aliphatic hydroxyl groups excluding tert-OH is 1. The zero-order valence-electron chi connectivity index (χ0n) is 22.6. The van der Waals surface area contributed by atoms with Crippen molar-refractivity contribution in [3.8, 4) is 5.88 Å². The summed E-state index contributed by atoms with van der Waals surface area (Å²) in [5.74, 6) is 3.28. The van der Waals surface area contributed by atoms with Gasteiger partial charge in [-0.1, -0.05) is 13.8 Å². The van der Waals surface area contributed by atoms with Crippen molar-refractivity contribution in [2.45, 2.75) is 40.2 Å². The van der Waals surface area contributed by atoms with Crippen molar-refractivity contribution in [2.24, 2.45) is 15.9 Å². The van der Waals surface area contributed by atoms with Gasteiger partial charge in [-0.05, 0) is 25.8 Å². The van der Waals surface area contributed by atoms with Crippen molar-refractivity contribution in [2.75, 3.05) is 71.2 Å². The number of rotatable bonds is 11. The van der Waals surface area contributed by atoms with Crippen LogP contribution in [0.5, 0.6) is 5.88 Å². The summed E-state index contributed by atoms with van der Waals surface area (Å²) in [4.78, 5) is 14.8. The van der Waals surface area contributed by atoms with Crippen LogP contribution < -0.4 is 15.0 Å². The molecule has 2 aliphatic rings. The summed E-state index contributed by atoms with van der Waals surface area (Å²) in [5.41, 5.74) is 0.954. The van der Waals surface area contributed by atoms with Gasteiger partial charge in [0.2, 0.25) is 5.88 Å². The van der Waals surface area contributed by atoms with E-state index in [1.807, 2.05) is 19.1 Å². The summed E-state index contributed by atoms with van der Waals surface area (Å²) in [6.07, 6.45) is 0.709. The van der Waals surface area contributed by atoms with Gasteiger partial charge in [-0.3, -0.25) is 4.99 Å². The Balaban J connectivity index is 1.61. The Morgan fingerprint density at radius 3 is 2.62 bits per heavy atom. The van der Waals surface area contributed by atoms with Crippen molar-refractivity contribution in [1.82, 2.24) is 20.4 Å². The number of ether oxygens (including phenoxy) is 2. The number of piperazine rings is 1. The molecular weight excluding hydrogens is 494 g/mol. The van der Waals surface area contributed by atoms with Crippen molar-refractivity contribution in [1.29, 1.82) is 0 Å². The first-order valence-corrected chi connectivity index (χ1v) is 13.7. The number of nitrogens with one attached hydrogen (secondary N) is 1. The minimum absolute atomic E-state index is 0.0332. The van der Waals surface area contributed by atoms with Gasteiger partial charge >= 0.3 is 0 Å². The van der Waals surface area contributed by atoms with E-state index in [1.165, 1.54) is 12.0 Å². The van der Waals surface area contributed by atoms with E-state index >= 15 is 0 Å². The molecule has 11 nitrogen and oxygen atoms in total. The maximum absolute atomic E-state index is 9.76. The third-order valence-corrected chi connectivity index (χ3v) is 7.13. The molecule has 0 aromatic carbocycles. The first kappa shape index (κ1) is 29.2. The number of hydrogen-bond donors (Lipinski definition) is 2. The molecule has 0 radical (unpaired) electrons. The number of aromatic nitrogens is 2. The van der Waals surface area contributed by atoms with Crippen LogP contribution in [0.1, 0.15) is 34.1 Å². The molecule has 0 spiro atoms. The van der Waals surface area contributed by atoms with Gasteiger partial charge in [-0.2, -0.15) is 0 Å². The highest BCUT2D eigenvalue weighted by Gasteiger charge is 2.24. The first-order valence-electron chi connectivity index (χ1n) is 12.9. The van der Waals surface area contributed by atoms with E-state index < -0.39 is 0 Å². The number of hydrogen-bond acceptors (Lipinski definition) is 10. The minimum Gasteiger partial charge on any atom is -0.474 e. The summed E-state index contributed by atoms with van der Waals surface area (Å²) in [7, 11) is 1.75. The van der Waals surface area contributed by atoms with Gasteiger partial charge in [0, 0.05) is 64.4 Å². The fourth-order valence-electron chi connectivity index (χ4n) is 3.95. The van der Waals surface area contributed by atoms with Crippen molar-refractivity contribution < 1.29 is 18.8 Å². The summed E-state index contributed by atoms with van der Waals surface area (Å²) < 4.78 is 16.5. The van der Waals surface area contributed by atoms with Gasteiger partial charge in [0.1, 0.15) is 18.3 Å². The molecule has 1 aromatic heterocycles. The average Bonchev–Trinajstić information content (AvgIpc) is 2.92. The predicted molar refractivity (Wildman–Crippen MR) is 148 cm³/mol. The lowest BCUT2D eigenvalue weighted by atomic mass is 10.1. The van der Waals surface area contributed by atoms with E-state index in [-0.39, 0.29) is 18.6 Å². The summed E-state index contributed by atoms with van der Waals surface area (Å²) in [5, 5.41) is 21.7. The lowest BCUT2D eigenvalue weighted by molar-refractivity contribution is 0.108. The lowest BCUT2D eigenvalue weighted by Gasteiger charge is -2.36. The average molecular weight is 536 g/mol. The van der Waals surface area contributed by atoms with Crippen LogP contribution in [0.3, 0.4) is 0 Å². The van der Waals surface area contributed by atoms with Crippen LogP contribution in [-0.4, -0.2) is 104 Å². The molecule has 37 heavy (non-hydrogen) atoms. The van der Waals surface area contributed by atoms with Gasteiger partial charge in [-0.15, -0.1) is 10.2 Å². The lowest BCUT2D eigenvalue weighted by Crippen LogP contribution is -2.48. The van der Waals surface area contributed by atoms with E-state index in [2.05, 4.69) is 51.1 Å². The van der Waals surface area contributed by atoms with Crippen LogP contribution >= 0.6 is 12.0 Å². The summed E-state index contributed by atoms with van der Waals surface area (Å²) in [6.45, 7) is 13.8. The highest BCUT2D eigenvalue weighted by Crippen LogP contribution is 2.31. The normalized spacial score (nSPS) is 18.5. The Morgan fingerprint density at radius 1 is 1.22 bits per heavy atom. The van der Waals surface area contributed by atoms with Crippen LogP contribution in [0.25, 0.3) is 0 Å². The molecule has 0 saturated carbocycles. The van der Waals surface area contributed by atoms with Gasteiger partial charge in [-0.25, -0.2) is 4.99 Å². The molecule has 0 amide bonds. The Kier molecular flexibility index (Phi) is 11.9. The molecule has 1 saturated heterocycles. The largest absolute Gasteiger partial charge is 0.474 e. The van der Waals surface area contributed by atoms with Gasteiger partial charge in [0.25, 0.3) is 0 Å². The van der Waals surface area contributed by atoms with Gasteiger partial charge < -0.3 is 33.9 Å². The Hall–Kier alpha value is -2.41. The maximum atomic E-state index is 9.76. The third-order valence-electron chi connectivity index (χ3n) is 6.25. The smallest absolute Gasteiger partial charge is 0.233 e. The minimum atomic E-state index is -0.0908. The van der Waals surface area contributed by atoms with Gasteiger partial charge in [0.05, 0.1) is 36.5 Å². The molecule has 3 rings (SSSR count). The van der Waals surface area contributed by atoms with Crippen molar-refractivity contribution >= 4 is 29.5 Å². The number of anilines is 1. The molecule has 2 N–H and O–H groups in total. The maximum Gasteiger partial charge on any atom is 0.233 e. The second kappa shape index (κ2) is 15.1. The highest BCUT2D eigenvalue weighted by molar-refractivity contribution is 7.99. The Labute approximate surface area is 224 Å². The van der Waals surface area contributed by atoms with Crippen molar-refractivity contribution in [3.63, 3.8) is 0 Å². The number of aliphatic imine (C=N–C) groups is 2. The van der Waals surface area contributed by atoms with Crippen LogP contribution in [0.4, 0.5) is 5.82 Å². The fraction of sp³-hybridized carbons (Fsp3) is 0.680. The molecule has 3 heterocycles. The molecule has 12 heteroatoms. The molecule has 1 aromatic rings. The fourth-order valence-corrected chi connectivity index (χ4v) is 4.70. The Bertz CT molecular complexity index is 931. The topological polar surface area (TPSA) is 117 Å². The van der Waals surface area contributed by atoms with Crippen LogP contribution in [0, 0.1) is 5.92 Å². The standard InChI is InChI=1S/C25H41N7O4S/c1-6-34-15-16-35-23-8-7-22(29-30-23)32-12-10-31(11-13-32)19(4)27-20-9-14-36-37-24(20)25(26-5)28-21(17-33)18(2)3/h7-8,18,21,33H,6,9-17H2,1-5H3,(H,26,28). The van der Waals surface area contributed by atoms with E-state index in [0.29, 0.717) is 44.6 Å². The number of aliphatic hydroxyl groups is 1. The molecule has 2 aliphatic heterocycles. The monoisotopic (exact) mass is 535 g/mol. The second-order valence-corrected chi connectivity index (χ2v) is 9.90. The van der Waals surface area contributed by atoms with Crippen LogP contribution in [-0.2, 0) is 8.92 Å². The number of amidine groups is 2. The van der Waals surface area contributed by atoms with Crippen LogP contribution in [0.15, 0.2) is 32.7 Å². The second-order valence-electron chi connectivity index (χ2n) is 9.09. The SMILES string of the molecule is CCOCCOc1ccc(N2CCN(C(C)=NC3=C(C(=NC)NC(CO)C(C)C)SOCC3)CC2)nn1. The Morgan fingerprint density at radius 2 is 2.00 bits per heavy atom. The van der Waals surface area contributed by atoms with Gasteiger partial charge in [0.15, 0.2) is 5.82 Å². The highest BCUT2D eigenvalue weighted by atomic mass is 32.2. The molecule has 1 atom stereocenters. The summed E-state index contributed by atoms with van der Waals surface area (Å²) >= 11 is 1.30.